The lowest BCUT2D eigenvalue weighted by Gasteiger charge is -2.12. The van der Waals surface area contributed by atoms with E-state index in [-0.39, 0.29) is 0 Å². The number of aryl methyl sites for hydroxylation is 1. The van der Waals surface area contributed by atoms with Gasteiger partial charge in [0.15, 0.2) is 0 Å². The molecule has 1 aromatic carbocycles. The lowest BCUT2D eigenvalue weighted by Crippen LogP contribution is -2.03. The summed E-state index contributed by atoms with van der Waals surface area (Å²) in [5, 5.41) is 1.01. The molecule has 2 heterocycles. The van der Waals surface area contributed by atoms with E-state index in [9.17, 15) is 0 Å². The van der Waals surface area contributed by atoms with Crippen molar-refractivity contribution < 1.29 is 0 Å². The minimum Gasteiger partial charge on any atom is -0.396 e. The van der Waals surface area contributed by atoms with Gasteiger partial charge in [-0.2, -0.15) is 0 Å². The molecule has 0 bridgehead atoms. The molecule has 3 rings (SSSR count). The SMILES string of the molecule is Cc1nccn1-c1c(N)cnc2ccc(Br)cc12. The standard InChI is InChI=1S/C13H11BrN4/c1-8-16-4-5-18(8)13-10-6-9(14)2-3-12(10)17-7-11(13)15/h2-7H,15H2,1H3. The minimum absolute atomic E-state index is 0.640. The van der Waals surface area contributed by atoms with Gasteiger partial charge in [-0.3, -0.25) is 4.98 Å². The van der Waals surface area contributed by atoms with Crippen molar-refractivity contribution in [1.29, 1.82) is 0 Å². The summed E-state index contributed by atoms with van der Waals surface area (Å²) in [5.74, 6) is 0.897. The molecule has 0 aliphatic heterocycles. The summed E-state index contributed by atoms with van der Waals surface area (Å²) in [6, 6.07) is 5.96. The van der Waals surface area contributed by atoms with Gasteiger partial charge in [-0.15, -0.1) is 0 Å². The van der Waals surface area contributed by atoms with Gasteiger partial charge in [0.2, 0.25) is 0 Å². The monoisotopic (exact) mass is 302 g/mol. The van der Waals surface area contributed by atoms with Gasteiger partial charge in [0.1, 0.15) is 5.82 Å². The number of hydrogen-bond acceptors (Lipinski definition) is 3. The van der Waals surface area contributed by atoms with Gasteiger partial charge in [0.25, 0.3) is 0 Å². The van der Waals surface area contributed by atoms with Crippen LogP contribution in [0.1, 0.15) is 5.82 Å². The molecule has 0 fully saturated rings. The molecule has 0 amide bonds. The molecule has 0 saturated heterocycles. The average molecular weight is 303 g/mol. The van der Waals surface area contributed by atoms with Crippen molar-refractivity contribution in [2.24, 2.45) is 0 Å². The number of imidazole rings is 1. The maximum Gasteiger partial charge on any atom is 0.110 e. The summed E-state index contributed by atoms with van der Waals surface area (Å²) in [4.78, 5) is 8.58. The van der Waals surface area contributed by atoms with E-state index in [0.717, 1.165) is 26.9 Å². The van der Waals surface area contributed by atoms with E-state index in [0.29, 0.717) is 5.69 Å². The largest absolute Gasteiger partial charge is 0.396 e. The Morgan fingerprint density at radius 3 is 2.83 bits per heavy atom. The van der Waals surface area contributed by atoms with Gasteiger partial charge in [0, 0.05) is 22.3 Å². The van der Waals surface area contributed by atoms with Crippen molar-refractivity contribution in [2.75, 3.05) is 5.73 Å². The molecule has 0 unspecified atom stereocenters. The fourth-order valence-electron chi connectivity index (χ4n) is 2.05. The van der Waals surface area contributed by atoms with Gasteiger partial charge in [-0.25, -0.2) is 4.98 Å². The van der Waals surface area contributed by atoms with Gasteiger partial charge in [0.05, 0.1) is 23.1 Å². The Balaban J connectivity index is 2.43. The van der Waals surface area contributed by atoms with Crippen molar-refractivity contribution in [3.63, 3.8) is 0 Å². The van der Waals surface area contributed by atoms with E-state index in [1.807, 2.05) is 35.9 Å². The second-order valence-corrected chi connectivity index (χ2v) is 4.98. The van der Waals surface area contributed by atoms with Crippen LogP contribution in [0.3, 0.4) is 0 Å². The zero-order chi connectivity index (χ0) is 12.7. The van der Waals surface area contributed by atoms with E-state index >= 15 is 0 Å². The van der Waals surface area contributed by atoms with Crippen molar-refractivity contribution in [3.8, 4) is 5.69 Å². The predicted molar refractivity (Wildman–Crippen MR) is 75.7 cm³/mol. The van der Waals surface area contributed by atoms with Crippen molar-refractivity contribution >= 4 is 32.5 Å². The lowest BCUT2D eigenvalue weighted by atomic mass is 10.1. The number of rotatable bonds is 1. The van der Waals surface area contributed by atoms with Crippen molar-refractivity contribution in [2.45, 2.75) is 6.92 Å². The highest BCUT2D eigenvalue weighted by molar-refractivity contribution is 9.10. The summed E-state index contributed by atoms with van der Waals surface area (Å²) in [5.41, 5.74) is 8.55. The van der Waals surface area contributed by atoms with Gasteiger partial charge >= 0.3 is 0 Å². The maximum absolute atomic E-state index is 6.07. The number of halogens is 1. The molecule has 4 nitrogen and oxygen atoms in total. The van der Waals surface area contributed by atoms with E-state index in [1.54, 1.807) is 12.4 Å². The molecule has 0 radical (unpaired) electrons. The number of fused-ring (bicyclic) bond motifs is 1. The van der Waals surface area contributed by atoms with Crippen molar-refractivity contribution in [1.82, 2.24) is 14.5 Å². The Kier molecular flexibility index (Phi) is 2.56. The second-order valence-electron chi connectivity index (χ2n) is 4.07. The molecular weight excluding hydrogens is 292 g/mol. The van der Waals surface area contributed by atoms with Crippen LogP contribution in [0.25, 0.3) is 16.6 Å². The second kappa shape index (κ2) is 4.10. The molecule has 5 heteroatoms. The first-order valence-corrected chi connectivity index (χ1v) is 6.30. The van der Waals surface area contributed by atoms with E-state index in [4.69, 9.17) is 5.73 Å². The number of nitrogens with zero attached hydrogens (tertiary/aromatic N) is 3. The molecule has 0 aliphatic rings. The van der Waals surface area contributed by atoms with Crippen LogP contribution in [0.5, 0.6) is 0 Å². The topological polar surface area (TPSA) is 56.7 Å². The molecule has 2 N–H and O–H groups in total. The smallest absolute Gasteiger partial charge is 0.110 e. The number of aromatic nitrogens is 3. The van der Waals surface area contributed by atoms with E-state index in [2.05, 4.69) is 25.9 Å². The summed E-state index contributed by atoms with van der Waals surface area (Å²) in [7, 11) is 0. The molecule has 18 heavy (non-hydrogen) atoms. The molecule has 0 saturated carbocycles. The Morgan fingerprint density at radius 1 is 1.28 bits per heavy atom. The molecule has 0 atom stereocenters. The first kappa shape index (κ1) is 11.2. The quantitative estimate of drug-likeness (QED) is 0.751. The molecule has 3 aromatic rings. The first-order valence-electron chi connectivity index (χ1n) is 5.51. The number of nitrogens with two attached hydrogens (primary N) is 1. The van der Waals surface area contributed by atoms with Crippen LogP contribution in [0.2, 0.25) is 0 Å². The third kappa shape index (κ3) is 1.67. The summed E-state index contributed by atoms with van der Waals surface area (Å²) >= 11 is 3.48. The molecule has 90 valence electrons. The number of anilines is 1. The Bertz CT molecular complexity index is 728. The van der Waals surface area contributed by atoms with Gasteiger partial charge < -0.3 is 10.3 Å². The zero-order valence-corrected chi connectivity index (χ0v) is 11.3. The number of hydrogen-bond donors (Lipinski definition) is 1. The number of pyridine rings is 1. The third-order valence-electron chi connectivity index (χ3n) is 2.90. The maximum atomic E-state index is 6.07. The van der Waals surface area contributed by atoms with Crippen LogP contribution in [-0.4, -0.2) is 14.5 Å². The first-order chi connectivity index (χ1) is 8.66. The Labute approximate surface area is 113 Å². The summed E-state index contributed by atoms with van der Waals surface area (Å²) in [6.45, 7) is 1.95. The highest BCUT2D eigenvalue weighted by Crippen LogP contribution is 2.29. The normalized spacial score (nSPS) is 11.0. The Morgan fingerprint density at radius 2 is 2.11 bits per heavy atom. The van der Waals surface area contributed by atoms with E-state index < -0.39 is 0 Å². The summed E-state index contributed by atoms with van der Waals surface area (Å²) in [6.07, 6.45) is 5.35. The predicted octanol–water partition coefficient (Wildman–Crippen LogP) is 3.07. The van der Waals surface area contributed by atoms with Crippen LogP contribution in [-0.2, 0) is 0 Å². The van der Waals surface area contributed by atoms with Crippen LogP contribution in [0.15, 0.2) is 41.3 Å². The third-order valence-corrected chi connectivity index (χ3v) is 3.39. The van der Waals surface area contributed by atoms with Gasteiger partial charge in [-0.05, 0) is 25.1 Å². The molecule has 0 spiro atoms. The molecular formula is C13H11BrN4. The Hall–Kier alpha value is -1.88. The minimum atomic E-state index is 0.640. The van der Waals surface area contributed by atoms with Crippen LogP contribution in [0, 0.1) is 6.92 Å². The lowest BCUT2D eigenvalue weighted by molar-refractivity contribution is 0.983. The highest BCUT2D eigenvalue weighted by atomic mass is 79.9. The zero-order valence-electron chi connectivity index (χ0n) is 9.76. The summed E-state index contributed by atoms with van der Waals surface area (Å²) < 4.78 is 2.98. The fraction of sp³-hybridized carbons (Fsp3) is 0.0769. The number of benzene rings is 1. The van der Waals surface area contributed by atoms with E-state index in [1.165, 1.54) is 0 Å². The molecule has 0 aliphatic carbocycles. The number of nitrogen functional groups attached to an aromatic ring is 1. The fourth-order valence-corrected chi connectivity index (χ4v) is 2.41. The van der Waals surface area contributed by atoms with Crippen molar-refractivity contribution in [3.05, 3.63) is 47.1 Å². The van der Waals surface area contributed by atoms with Crippen LogP contribution in [0.4, 0.5) is 5.69 Å². The van der Waals surface area contributed by atoms with Gasteiger partial charge in [-0.1, -0.05) is 15.9 Å². The molecule has 2 aromatic heterocycles. The van der Waals surface area contributed by atoms with Crippen LogP contribution >= 0.6 is 15.9 Å². The van der Waals surface area contributed by atoms with Crippen LogP contribution < -0.4 is 5.73 Å². The average Bonchev–Trinajstić information content (AvgIpc) is 2.75. The highest BCUT2D eigenvalue weighted by Gasteiger charge is 2.10.